The molecule has 1 fully saturated rings. The van der Waals surface area contributed by atoms with Crippen molar-refractivity contribution in [3.05, 3.63) is 28.2 Å². The molecule has 0 radical (unpaired) electrons. The van der Waals surface area contributed by atoms with E-state index in [2.05, 4.69) is 21.2 Å². The zero-order valence-corrected chi connectivity index (χ0v) is 12.8. The minimum atomic E-state index is -0.631. The zero-order valence-electron chi connectivity index (χ0n) is 11.2. The monoisotopic (exact) mass is 340 g/mol. The average Bonchev–Trinajstić information content (AvgIpc) is 2.89. The first-order valence-corrected chi connectivity index (χ1v) is 7.28. The van der Waals surface area contributed by atoms with E-state index < -0.39 is 11.8 Å². The lowest BCUT2D eigenvalue weighted by atomic mass is 10.1. The predicted octanol–water partition coefficient (Wildman–Crippen LogP) is 1.54. The van der Waals surface area contributed by atoms with E-state index in [-0.39, 0.29) is 12.5 Å². The summed E-state index contributed by atoms with van der Waals surface area (Å²) < 4.78 is 0.921. The van der Waals surface area contributed by atoms with Crippen LogP contribution in [0.25, 0.3) is 0 Å². The fraction of sp³-hybridized carbons (Fsp3) is 0.429. The molecule has 0 bridgehead atoms. The lowest BCUT2D eigenvalue weighted by Crippen LogP contribution is -2.38. The Morgan fingerprint density at radius 2 is 2.25 bits per heavy atom. The van der Waals surface area contributed by atoms with Gasteiger partial charge in [0.25, 0.3) is 0 Å². The lowest BCUT2D eigenvalue weighted by molar-refractivity contribution is -0.142. The fourth-order valence-corrected chi connectivity index (χ4v) is 2.73. The maximum atomic E-state index is 12.0. The molecule has 1 aliphatic rings. The summed E-state index contributed by atoms with van der Waals surface area (Å²) >= 11 is 3.35. The molecule has 6 heteroatoms. The number of hydrogen-bond acceptors (Lipinski definition) is 3. The Morgan fingerprint density at radius 1 is 1.50 bits per heavy atom. The number of anilines is 1. The Labute approximate surface area is 126 Å². The smallest absolute Gasteiger partial charge is 0.313 e. The van der Waals surface area contributed by atoms with Crippen LogP contribution in [0, 0.1) is 12.8 Å². The number of nitrogens with zero attached hydrogens (tertiary/aromatic N) is 1. The van der Waals surface area contributed by atoms with Crippen LogP contribution in [0.5, 0.6) is 0 Å². The van der Waals surface area contributed by atoms with Gasteiger partial charge in [-0.1, -0.05) is 15.9 Å². The van der Waals surface area contributed by atoms with Crippen molar-refractivity contribution in [1.29, 1.82) is 0 Å². The lowest BCUT2D eigenvalue weighted by Gasteiger charge is -2.16. The SMILES string of the molecule is Cc1cc(Br)ccc1NC(=O)C(=O)N1CCC(CO)C1. The van der Waals surface area contributed by atoms with Gasteiger partial charge < -0.3 is 15.3 Å². The highest BCUT2D eigenvalue weighted by molar-refractivity contribution is 9.10. The van der Waals surface area contributed by atoms with Crippen molar-refractivity contribution in [2.75, 3.05) is 25.0 Å². The molecule has 2 rings (SSSR count). The van der Waals surface area contributed by atoms with Gasteiger partial charge in [-0.05, 0) is 37.1 Å². The molecule has 1 aromatic carbocycles. The summed E-state index contributed by atoms with van der Waals surface area (Å²) in [6.45, 7) is 2.89. The van der Waals surface area contributed by atoms with Gasteiger partial charge in [-0.3, -0.25) is 9.59 Å². The maximum absolute atomic E-state index is 12.0. The molecule has 0 aromatic heterocycles. The summed E-state index contributed by atoms with van der Waals surface area (Å²) in [6, 6.07) is 5.44. The molecule has 0 spiro atoms. The quantitative estimate of drug-likeness (QED) is 0.802. The topological polar surface area (TPSA) is 69.6 Å². The summed E-state index contributed by atoms with van der Waals surface area (Å²) in [5.41, 5.74) is 1.51. The third-order valence-corrected chi connectivity index (χ3v) is 3.96. The van der Waals surface area contributed by atoms with E-state index in [9.17, 15) is 9.59 Å². The van der Waals surface area contributed by atoms with Crippen LogP contribution >= 0.6 is 15.9 Å². The summed E-state index contributed by atoms with van der Waals surface area (Å²) in [6.07, 6.45) is 0.743. The Kier molecular flexibility index (Phi) is 4.77. The number of benzene rings is 1. The molecule has 0 aliphatic carbocycles. The van der Waals surface area contributed by atoms with Crippen LogP contribution in [0.2, 0.25) is 0 Å². The number of halogens is 1. The minimum Gasteiger partial charge on any atom is -0.396 e. The van der Waals surface area contributed by atoms with Crippen molar-refractivity contribution in [2.24, 2.45) is 5.92 Å². The van der Waals surface area contributed by atoms with Gasteiger partial charge in [-0.25, -0.2) is 0 Å². The number of carbonyl (C=O) groups excluding carboxylic acids is 2. The van der Waals surface area contributed by atoms with E-state index in [1.54, 1.807) is 6.07 Å². The number of carbonyl (C=O) groups is 2. The second-order valence-corrected chi connectivity index (χ2v) is 5.92. The first kappa shape index (κ1) is 15.0. The van der Waals surface area contributed by atoms with E-state index in [1.165, 1.54) is 4.90 Å². The van der Waals surface area contributed by atoms with E-state index >= 15 is 0 Å². The van der Waals surface area contributed by atoms with Crippen LogP contribution in [0.1, 0.15) is 12.0 Å². The number of aliphatic hydroxyl groups is 1. The molecule has 108 valence electrons. The van der Waals surface area contributed by atoms with Crippen LogP contribution in [0.15, 0.2) is 22.7 Å². The fourth-order valence-electron chi connectivity index (χ4n) is 2.25. The first-order chi connectivity index (χ1) is 9.51. The van der Waals surface area contributed by atoms with E-state index in [0.717, 1.165) is 16.5 Å². The van der Waals surface area contributed by atoms with Crippen LogP contribution < -0.4 is 5.32 Å². The molecule has 1 saturated heterocycles. The van der Waals surface area contributed by atoms with Crippen molar-refractivity contribution in [2.45, 2.75) is 13.3 Å². The summed E-state index contributed by atoms with van der Waals surface area (Å²) in [5.74, 6) is -1.08. The minimum absolute atomic E-state index is 0.0528. The van der Waals surface area contributed by atoms with Crippen molar-refractivity contribution in [1.82, 2.24) is 4.90 Å². The van der Waals surface area contributed by atoms with Gasteiger partial charge in [-0.2, -0.15) is 0 Å². The van der Waals surface area contributed by atoms with Crippen LogP contribution in [-0.2, 0) is 9.59 Å². The maximum Gasteiger partial charge on any atom is 0.313 e. The van der Waals surface area contributed by atoms with Crippen molar-refractivity contribution in [3.8, 4) is 0 Å². The van der Waals surface area contributed by atoms with E-state index in [0.29, 0.717) is 18.8 Å². The number of likely N-dealkylation sites (tertiary alicyclic amines) is 1. The molecule has 2 N–H and O–H groups in total. The third-order valence-electron chi connectivity index (χ3n) is 3.46. The summed E-state index contributed by atoms with van der Waals surface area (Å²) in [5, 5.41) is 11.7. The number of hydrogen-bond donors (Lipinski definition) is 2. The van der Waals surface area contributed by atoms with Crippen LogP contribution in [0.4, 0.5) is 5.69 Å². The molecule has 1 unspecified atom stereocenters. The molecule has 0 saturated carbocycles. The van der Waals surface area contributed by atoms with E-state index in [1.807, 2.05) is 19.1 Å². The third kappa shape index (κ3) is 3.37. The number of aliphatic hydroxyl groups excluding tert-OH is 1. The zero-order chi connectivity index (χ0) is 14.7. The molecule has 5 nitrogen and oxygen atoms in total. The molecule has 1 aromatic rings. The van der Waals surface area contributed by atoms with Gasteiger partial charge in [0.1, 0.15) is 0 Å². The van der Waals surface area contributed by atoms with Gasteiger partial charge in [0, 0.05) is 35.8 Å². The van der Waals surface area contributed by atoms with Crippen molar-refractivity contribution in [3.63, 3.8) is 0 Å². The van der Waals surface area contributed by atoms with Gasteiger partial charge >= 0.3 is 11.8 Å². The van der Waals surface area contributed by atoms with Crippen LogP contribution in [-0.4, -0.2) is 41.5 Å². The number of amides is 2. The number of rotatable bonds is 2. The summed E-state index contributed by atoms with van der Waals surface area (Å²) in [4.78, 5) is 25.5. The van der Waals surface area contributed by atoms with Gasteiger partial charge in [-0.15, -0.1) is 0 Å². The molecule has 20 heavy (non-hydrogen) atoms. The second kappa shape index (κ2) is 6.37. The highest BCUT2D eigenvalue weighted by atomic mass is 79.9. The molecule has 1 aliphatic heterocycles. The Bertz CT molecular complexity index is 533. The second-order valence-electron chi connectivity index (χ2n) is 5.00. The predicted molar refractivity (Wildman–Crippen MR) is 79.3 cm³/mol. The molecule has 1 heterocycles. The normalized spacial score (nSPS) is 18.1. The van der Waals surface area contributed by atoms with Gasteiger partial charge in [0.2, 0.25) is 0 Å². The Balaban J connectivity index is 1.99. The molecule has 1 atom stereocenters. The Morgan fingerprint density at radius 3 is 2.85 bits per heavy atom. The largest absolute Gasteiger partial charge is 0.396 e. The van der Waals surface area contributed by atoms with Crippen molar-refractivity contribution >= 4 is 33.4 Å². The highest BCUT2D eigenvalue weighted by Gasteiger charge is 2.29. The summed E-state index contributed by atoms with van der Waals surface area (Å²) in [7, 11) is 0. The first-order valence-electron chi connectivity index (χ1n) is 6.48. The molecular weight excluding hydrogens is 324 g/mol. The van der Waals surface area contributed by atoms with Crippen LogP contribution in [0.3, 0.4) is 0 Å². The van der Waals surface area contributed by atoms with E-state index in [4.69, 9.17) is 5.11 Å². The standard InChI is InChI=1S/C14H17BrN2O3/c1-9-6-11(15)2-3-12(9)16-13(19)14(20)17-5-4-10(7-17)8-18/h2-3,6,10,18H,4-5,7-8H2,1H3,(H,16,19). The molecule has 2 amide bonds. The van der Waals surface area contributed by atoms with Gasteiger partial charge in [0.15, 0.2) is 0 Å². The number of nitrogens with one attached hydrogen (secondary N) is 1. The Hall–Kier alpha value is -1.40. The van der Waals surface area contributed by atoms with Crippen molar-refractivity contribution < 1.29 is 14.7 Å². The molecular formula is C14H17BrN2O3. The highest BCUT2D eigenvalue weighted by Crippen LogP contribution is 2.21. The van der Waals surface area contributed by atoms with Gasteiger partial charge in [0.05, 0.1) is 0 Å². The average molecular weight is 341 g/mol. The number of aryl methyl sites for hydroxylation is 1.